The summed E-state index contributed by atoms with van der Waals surface area (Å²) in [6.07, 6.45) is 2.78. The molecule has 1 aliphatic carbocycles. The van der Waals surface area contributed by atoms with Crippen molar-refractivity contribution in [2.75, 3.05) is 19.6 Å². The normalized spacial score (nSPS) is 34.6. The number of halogens is 3. The Bertz CT molecular complexity index is 297. The second-order valence-corrected chi connectivity index (χ2v) is 6.94. The third kappa shape index (κ3) is 4.54. The van der Waals surface area contributed by atoms with Crippen LogP contribution in [-0.4, -0.2) is 36.5 Å². The van der Waals surface area contributed by atoms with E-state index in [1.807, 2.05) is 0 Å². The predicted octanol–water partition coefficient (Wildman–Crippen LogP) is 3.29. The average molecular weight is 297 g/mol. The molecule has 0 amide bonds. The van der Waals surface area contributed by atoms with E-state index in [9.17, 15) is 8.78 Å². The molecule has 0 bridgehead atoms. The Morgan fingerprint density at radius 1 is 1.26 bits per heavy atom. The molecule has 1 aliphatic heterocycles. The van der Waals surface area contributed by atoms with Crippen LogP contribution in [-0.2, 0) is 0 Å². The number of likely N-dealkylation sites (tertiary alicyclic amines) is 1. The maximum absolute atomic E-state index is 13.4. The second-order valence-electron chi connectivity index (χ2n) is 6.94. The summed E-state index contributed by atoms with van der Waals surface area (Å²) in [4.78, 5) is 2.34. The van der Waals surface area contributed by atoms with Crippen molar-refractivity contribution in [3.05, 3.63) is 0 Å². The Kier molecular flexibility index (Phi) is 5.61. The molecular formula is C14H27ClF2N2. The first-order chi connectivity index (χ1) is 8.28. The van der Waals surface area contributed by atoms with Gasteiger partial charge in [0.25, 0.3) is 0 Å². The minimum Gasteiger partial charge on any atom is -0.327 e. The zero-order valence-corrected chi connectivity index (χ0v) is 12.8. The van der Waals surface area contributed by atoms with Crippen LogP contribution >= 0.6 is 12.4 Å². The maximum Gasteiger partial charge on any atom is 0.248 e. The van der Waals surface area contributed by atoms with E-state index >= 15 is 0 Å². The van der Waals surface area contributed by atoms with Gasteiger partial charge in [0.1, 0.15) is 0 Å². The smallest absolute Gasteiger partial charge is 0.248 e. The minimum atomic E-state index is -2.43. The topological polar surface area (TPSA) is 29.3 Å². The molecule has 2 fully saturated rings. The van der Waals surface area contributed by atoms with Crippen LogP contribution in [0.3, 0.4) is 0 Å². The van der Waals surface area contributed by atoms with E-state index in [1.165, 1.54) is 0 Å². The molecule has 5 heteroatoms. The van der Waals surface area contributed by atoms with Crippen LogP contribution in [0.25, 0.3) is 0 Å². The van der Waals surface area contributed by atoms with Crippen LogP contribution in [0.1, 0.15) is 46.0 Å². The lowest BCUT2D eigenvalue weighted by atomic mass is 9.78. The molecule has 2 aliphatic rings. The Labute approximate surface area is 121 Å². The molecular weight excluding hydrogens is 270 g/mol. The first-order valence-electron chi connectivity index (χ1n) is 7.14. The monoisotopic (exact) mass is 296 g/mol. The fourth-order valence-corrected chi connectivity index (χ4v) is 3.44. The van der Waals surface area contributed by atoms with Crippen molar-refractivity contribution in [3.63, 3.8) is 0 Å². The van der Waals surface area contributed by atoms with Gasteiger partial charge in [0.05, 0.1) is 0 Å². The van der Waals surface area contributed by atoms with E-state index < -0.39 is 5.92 Å². The number of piperidine rings is 1. The molecule has 2 unspecified atom stereocenters. The summed E-state index contributed by atoms with van der Waals surface area (Å²) in [5.74, 6) is -2.26. The fourth-order valence-electron chi connectivity index (χ4n) is 3.44. The fraction of sp³-hybridized carbons (Fsp3) is 1.00. The molecule has 2 atom stereocenters. The number of alkyl halides is 2. The summed E-state index contributed by atoms with van der Waals surface area (Å²) in [7, 11) is 0. The molecule has 1 saturated heterocycles. The molecule has 0 spiro atoms. The van der Waals surface area contributed by atoms with Crippen molar-refractivity contribution >= 4 is 12.4 Å². The molecule has 0 aromatic heterocycles. The second kappa shape index (κ2) is 6.23. The number of hydrogen-bond acceptors (Lipinski definition) is 2. The third-order valence-electron chi connectivity index (χ3n) is 4.65. The Hall–Kier alpha value is 0.0700. The molecule has 2 rings (SSSR count). The largest absolute Gasteiger partial charge is 0.327 e. The molecule has 0 radical (unpaired) electrons. The molecule has 0 aromatic rings. The summed E-state index contributed by atoms with van der Waals surface area (Å²) in [6, 6.07) is 0.238. The first-order valence-corrected chi connectivity index (χ1v) is 7.14. The quantitative estimate of drug-likeness (QED) is 0.847. The van der Waals surface area contributed by atoms with Crippen LogP contribution < -0.4 is 5.73 Å². The highest BCUT2D eigenvalue weighted by atomic mass is 35.5. The van der Waals surface area contributed by atoms with Gasteiger partial charge in [-0.15, -0.1) is 12.4 Å². The molecule has 1 saturated carbocycles. The summed E-state index contributed by atoms with van der Waals surface area (Å²) in [5, 5.41) is 0. The Morgan fingerprint density at radius 3 is 2.53 bits per heavy atom. The van der Waals surface area contributed by atoms with Gasteiger partial charge in [0.15, 0.2) is 0 Å². The van der Waals surface area contributed by atoms with E-state index in [-0.39, 0.29) is 42.6 Å². The van der Waals surface area contributed by atoms with Crippen molar-refractivity contribution in [2.45, 2.75) is 57.9 Å². The lowest BCUT2D eigenvalue weighted by Gasteiger charge is -2.44. The van der Waals surface area contributed by atoms with Crippen LogP contribution in [0.2, 0.25) is 0 Å². The Morgan fingerprint density at radius 2 is 1.95 bits per heavy atom. The average Bonchev–Trinajstić information content (AvgIpc) is 2.21. The molecule has 2 N–H and O–H groups in total. The van der Waals surface area contributed by atoms with Gasteiger partial charge in [-0.1, -0.05) is 13.8 Å². The van der Waals surface area contributed by atoms with E-state index in [1.54, 1.807) is 0 Å². The number of nitrogens with zero attached hydrogens (tertiary/aromatic N) is 1. The van der Waals surface area contributed by atoms with Crippen molar-refractivity contribution < 1.29 is 8.78 Å². The number of hydrogen-bond donors (Lipinski definition) is 1. The first kappa shape index (κ1) is 17.1. The maximum atomic E-state index is 13.4. The van der Waals surface area contributed by atoms with Gasteiger partial charge < -0.3 is 10.6 Å². The van der Waals surface area contributed by atoms with Crippen LogP contribution in [0.4, 0.5) is 8.78 Å². The van der Waals surface area contributed by atoms with Gasteiger partial charge in [0.2, 0.25) is 5.92 Å². The molecule has 2 nitrogen and oxygen atoms in total. The molecule has 0 aromatic carbocycles. The lowest BCUT2D eigenvalue weighted by molar-refractivity contribution is -0.0599. The van der Waals surface area contributed by atoms with Gasteiger partial charge in [-0.3, -0.25) is 0 Å². The predicted molar refractivity (Wildman–Crippen MR) is 77.0 cm³/mol. The summed E-state index contributed by atoms with van der Waals surface area (Å²) in [5.41, 5.74) is 6.21. The highest BCUT2D eigenvalue weighted by Crippen LogP contribution is 2.38. The lowest BCUT2D eigenvalue weighted by Crippen LogP contribution is -2.53. The third-order valence-corrected chi connectivity index (χ3v) is 4.65. The van der Waals surface area contributed by atoms with E-state index in [0.29, 0.717) is 6.42 Å². The minimum absolute atomic E-state index is 0. The highest BCUT2D eigenvalue weighted by Gasteiger charge is 2.39. The SMILES string of the molecule is CC1(C)CN(CC2CCCC(F)(F)C2)CCC1N.Cl. The highest BCUT2D eigenvalue weighted by molar-refractivity contribution is 5.85. The number of rotatable bonds is 2. The van der Waals surface area contributed by atoms with Gasteiger partial charge in [-0.05, 0) is 37.1 Å². The van der Waals surface area contributed by atoms with Gasteiger partial charge >= 0.3 is 0 Å². The van der Waals surface area contributed by atoms with E-state index in [2.05, 4.69) is 18.7 Å². The van der Waals surface area contributed by atoms with Crippen LogP contribution in [0.5, 0.6) is 0 Å². The number of nitrogens with two attached hydrogens (primary N) is 1. The molecule has 114 valence electrons. The van der Waals surface area contributed by atoms with Crippen molar-refractivity contribution in [1.82, 2.24) is 4.90 Å². The van der Waals surface area contributed by atoms with Crippen molar-refractivity contribution in [3.8, 4) is 0 Å². The summed E-state index contributed by atoms with van der Waals surface area (Å²) >= 11 is 0. The zero-order chi connectivity index (χ0) is 13.4. The van der Waals surface area contributed by atoms with E-state index in [4.69, 9.17) is 5.73 Å². The van der Waals surface area contributed by atoms with Crippen LogP contribution in [0, 0.1) is 11.3 Å². The summed E-state index contributed by atoms with van der Waals surface area (Å²) < 4.78 is 26.8. The Balaban J connectivity index is 0.00000180. The van der Waals surface area contributed by atoms with Crippen LogP contribution in [0.15, 0.2) is 0 Å². The van der Waals surface area contributed by atoms with Gasteiger partial charge in [-0.2, -0.15) is 0 Å². The van der Waals surface area contributed by atoms with Crippen molar-refractivity contribution in [2.24, 2.45) is 17.1 Å². The summed E-state index contributed by atoms with van der Waals surface area (Å²) in [6.45, 7) is 7.09. The molecule has 19 heavy (non-hydrogen) atoms. The standard InChI is InChI=1S/C14H26F2N2.ClH/c1-13(2)10-18(7-5-12(13)17)9-11-4-3-6-14(15,16)8-11;/h11-12H,3-10,17H2,1-2H3;1H. The van der Waals surface area contributed by atoms with Crippen molar-refractivity contribution in [1.29, 1.82) is 0 Å². The van der Waals surface area contributed by atoms with Gasteiger partial charge in [-0.25, -0.2) is 8.78 Å². The molecule has 1 heterocycles. The van der Waals surface area contributed by atoms with E-state index in [0.717, 1.165) is 32.5 Å². The zero-order valence-electron chi connectivity index (χ0n) is 12.0. The van der Waals surface area contributed by atoms with Gasteiger partial charge in [0, 0.05) is 32.0 Å².